The largest absolute Gasteiger partial charge is 0.493 e. The molecule has 0 aliphatic carbocycles. The standard InChI is InChI=1S/C23H22O6.C5H9NO4/c1-11(2)16-8-14-15(28-16)6-5-12-22(24)21-13-7-18(25-3)19(26-4)9-17(13)27-10-20(21)29-23(12)14;6-3(5(9)10)1-2-4(7)8/h5-7,9,16,20-21H,1,8,10H2,2-4H3;3H,1-2,6H2,(H,7,8)(H,9,10)/t16-,20-,21+;/m1./s1. The molecule has 4 atom stereocenters. The monoisotopic (exact) mass is 541 g/mol. The molecule has 4 N–H and O–H groups in total. The average Bonchev–Trinajstić information content (AvgIpc) is 3.36. The van der Waals surface area contributed by atoms with E-state index in [4.69, 9.17) is 39.6 Å². The van der Waals surface area contributed by atoms with Crippen LogP contribution in [0, 0.1) is 0 Å². The number of carboxylic acids is 2. The Bertz CT molecular complexity index is 1320. The topological polar surface area (TPSA) is 164 Å². The first-order valence-electron chi connectivity index (χ1n) is 12.3. The van der Waals surface area contributed by atoms with Crippen molar-refractivity contribution in [1.82, 2.24) is 0 Å². The number of methoxy groups -OCH3 is 2. The van der Waals surface area contributed by atoms with Crippen LogP contribution in [0.1, 0.15) is 47.2 Å². The smallest absolute Gasteiger partial charge is 0.320 e. The van der Waals surface area contributed by atoms with Crippen LogP contribution in [0.3, 0.4) is 0 Å². The molecule has 0 radical (unpaired) electrons. The van der Waals surface area contributed by atoms with Crippen molar-refractivity contribution in [2.45, 2.75) is 50.4 Å². The van der Waals surface area contributed by atoms with Crippen LogP contribution in [0.4, 0.5) is 0 Å². The van der Waals surface area contributed by atoms with Gasteiger partial charge in [0.1, 0.15) is 42.1 Å². The zero-order valence-electron chi connectivity index (χ0n) is 21.9. The van der Waals surface area contributed by atoms with Crippen LogP contribution < -0.4 is 29.4 Å². The minimum absolute atomic E-state index is 0.0228. The van der Waals surface area contributed by atoms with E-state index in [-0.39, 0.29) is 31.3 Å². The highest BCUT2D eigenvalue weighted by Crippen LogP contribution is 2.49. The number of carboxylic acid groups (broad SMARTS) is 2. The summed E-state index contributed by atoms with van der Waals surface area (Å²) in [6, 6.07) is 6.17. The molecule has 0 spiro atoms. The van der Waals surface area contributed by atoms with Crippen molar-refractivity contribution in [1.29, 1.82) is 0 Å². The molecule has 0 fully saturated rings. The van der Waals surface area contributed by atoms with Crippen LogP contribution in [0.2, 0.25) is 0 Å². The lowest BCUT2D eigenvalue weighted by Gasteiger charge is -2.37. The van der Waals surface area contributed by atoms with E-state index >= 15 is 0 Å². The Kier molecular flexibility index (Phi) is 8.01. The minimum Gasteiger partial charge on any atom is -0.493 e. The van der Waals surface area contributed by atoms with Crippen molar-refractivity contribution in [3.05, 3.63) is 53.1 Å². The Morgan fingerprint density at radius 1 is 1.13 bits per heavy atom. The molecule has 11 heteroatoms. The Balaban J connectivity index is 0.000000303. The summed E-state index contributed by atoms with van der Waals surface area (Å²) in [5.41, 5.74) is 8.22. The van der Waals surface area contributed by atoms with E-state index in [0.29, 0.717) is 35.0 Å². The van der Waals surface area contributed by atoms with Crippen molar-refractivity contribution in [2.75, 3.05) is 20.8 Å². The normalized spacial score (nSPS) is 20.6. The summed E-state index contributed by atoms with van der Waals surface area (Å²) in [5.74, 6) is 0.486. The Hall–Kier alpha value is -4.25. The lowest BCUT2D eigenvalue weighted by molar-refractivity contribution is -0.139. The van der Waals surface area contributed by atoms with Crippen molar-refractivity contribution in [2.24, 2.45) is 5.73 Å². The van der Waals surface area contributed by atoms with Crippen molar-refractivity contribution < 1.29 is 48.3 Å². The molecule has 3 aliphatic rings. The Morgan fingerprint density at radius 2 is 1.82 bits per heavy atom. The predicted molar refractivity (Wildman–Crippen MR) is 138 cm³/mol. The van der Waals surface area contributed by atoms with Gasteiger partial charge in [-0.1, -0.05) is 6.58 Å². The predicted octanol–water partition coefficient (Wildman–Crippen LogP) is 2.97. The van der Waals surface area contributed by atoms with Crippen molar-refractivity contribution in [3.8, 4) is 28.7 Å². The fourth-order valence-electron chi connectivity index (χ4n) is 4.74. The zero-order valence-corrected chi connectivity index (χ0v) is 21.9. The maximum atomic E-state index is 13.5. The van der Waals surface area contributed by atoms with Gasteiger partial charge in [0.2, 0.25) is 0 Å². The van der Waals surface area contributed by atoms with Crippen LogP contribution in [0.25, 0.3) is 0 Å². The van der Waals surface area contributed by atoms with E-state index in [9.17, 15) is 14.4 Å². The maximum absolute atomic E-state index is 13.5. The maximum Gasteiger partial charge on any atom is 0.320 e. The summed E-state index contributed by atoms with van der Waals surface area (Å²) < 4.78 is 29.0. The Morgan fingerprint density at radius 3 is 2.44 bits per heavy atom. The van der Waals surface area contributed by atoms with E-state index in [1.165, 1.54) is 0 Å². The molecule has 11 nitrogen and oxygen atoms in total. The number of aliphatic carboxylic acids is 2. The Labute approximate surface area is 225 Å². The number of Topliss-reactive ketones (excluding diaryl/α,β-unsaturated/α-hetero) is 1. The van der Waals surface area contributed by atoms with Gasteiger partial charge in [-0.25, -0.2) is 0 Å². The summed E-state index contributed by atoms with van der Waals surface area (Å²) in [6.07, 6.45) is -0.0667. The fraction of sp³-hybridized carbons (Fsp3) is 0.393. The quantitative estimate of drug-likeness (QED) is 0.442. The highest BCUT2D eigenvalue weighted by atomic mass is 16.5. The molecule has 1 unspecified atom stereocenters. The molecular weight excluding hydrogens is 510 g/mol. The van der Waals surface area contributed by atoms with Gasteiger partial charge >= 0.3 is 11.9 Å². The summed E-state index contributed by atoms with van der Waals surface area (Å²) in [5, 5.41) is 16.3. The number of benzene rings is 2. The minimum atomic E-state index is -1.17. The molecule has 2 aromatic rings. The van der Waals surface area contributed by atoms with Crippen LogP contribution in [0.15, 0.2) is 36.4 Å². The van der Waals surface area contributed by atoms with Gasteiger partial charge in [0.05, 0.1) is 25.7 Å². The first kappa shape index (κ1) is 27.8. The van der Waals surface area contributed by atoms with Crippen molar-refractivity contribution in [3.63, 3.8) is 0 Å². The van der Waals surface area contributed by atoms with Crippen LogP contribution in [-0.2, 0) is 16.0 Å². The molecule has 3 aliphatic heterocycles. The average molecular weight is 542 g/mol. The number of rotatable bonds is 7. The molecule has 208 valence electrons. The third-order valence-corrected chi connectivity index (χ3v) is 6.86. The van der Waals surface area contributed by atoms with Gasteiger partial charge < -0.3 is 39.6 Å². The number of carbonyl (C=O) groups excluding carboxylic acids is 1. The van der Waals surface area contributed by atoms with E-state index in [2.05, 4.69) is 6.58 Å². The van der Waals surface area contributed by atoms with Gasteiger partial charge in [-0.2, -0.15) is 0 Å². The van der Waals surface area contributed by atoms with Crippen LogP contribution in [-0.4, -0.2) is 67.0 Å². The van der Waals surface area contributed by atoms with Gasteiger partial charge in [-0.3, -0.25) is 14.4 Å². The molecule has 0 aromatic heterocycles. The first-order valence-corrected chi connectivity index (χ1v) is 12.3. The number of hydrogen-bond acceptors (Lipinski definition) is 9. The summed E-state index contributed by atoms with van der Waals surface area (Å²) in [4.78, 5) is 33.4. The SMILES string of the molecule is C=C(C)[C@H]1Cc2c(ccc3c2O[C@@H]2COc4cc(OC)c(OC)cc4[C@@H]2C3=O)O1.NC(CCC(=O)O)C(=O)O. The molecule has 5 rings (SSSR count). The molecule has 2 aromatic carbocycles. The second-order valence-corrected chi connectivity index (χ2v) is 9.51. The van der Waals surface area contributed by atoms with Gasteiger partial charge in [-0.15, -0.1) is 0 Å². The molecule has 0 saturated carbocycles. The van der Waals surface area contributed by atoms with Crippen LogP contribution >= 0.6 is 0 Å². The van der Waals surface area contributed by atoms with Gasteiger partial charge in [0, 0.05) is 30.0 Å². The van der Waals surface area contributed by atoms with E-state index in [0.717, 1.165) is 22.4 Å². The van der Waals surface area contributed by atoms with Gasteiger partial charge in [0.25, 0.3) is 0 Å². The molecule has 39 heavy (non-hydrogen) atoms. The summed E-state index contributed by atoms with van der Waals surface area (Å²) in [6.45, 7) is 6.22. The number of fused-ring (bicyclic) bond motifs is 6. The fourth-order valence-corrected chi connectivity index (χ4v) is 4.74. The molecule has 0 amide bonds. The molecular formula is C28H31NO10. The molecule has 3 heterocycles. The lowest BCUT2D eigenvalue weighted by atomic mass is 9.81. The zero-order chi connectivity index (χ0) is 28.4. The molecule has 0 saturated heterocycles. The first-order chi connectivity index (χ1) is 18.5. The third-order valence-electron chi connectivity index (χ3n) is 6.86. The number of carbonyl (C=O) groups is 3. The van der Waals surface area contributed by atoms with Gasteiger partial charge in [-0.05, 0) is 37.1 Å². The number of ketones is 1. The number of nitrogens with two attached hydrogens (primary N) is 1. The number of hydrogen-bond donors (Lipinski definition) is 3. The van der Waals surface area contributed by atoms with Crippen LogP contribution in [0.5, 0.6) is 28.7 Å². The highest BCUT2D eigenvalue weighted by Gasteiger charge is 2.45. The summed E-state index contributed by atoms with van der Waals surface area (Å²) in [7, 11) is 3.14. The van der Waals surface area contributed by atoms with E-state index < -0.39 is 30.0 Å². The van der Waals surface area contributed by atoms with E-state index in [1.807, 2.05) is 19.1 Å². The lowest BCUT2D eigenvalue weighted by Crippen LogP contribution is -2.43. The second-order valence-electron chi connectivity index (χ2n) is 9.51. The van der Waals surface area contributed by atoms with Crippen molar-refractivity contribution >= 4 is 17.7 Å². The summed E-state index contributed by atoms with van der Waals surface area (Å²) >= 11 is 0. The molecule has 0 bridgehead atoms. The number of ether oxygens (including phenoxy) is 5. The van der Waals surface area contributed by atoms with Gasteiger partial charge in [0.15, 0.2) is 17.3 Å². The second kappa shape index (κ2) is 11.2. The third kappa shape index (κ3) is 5.49. The highest BCUT2D eigenvalue weighted by molar-refractivity contribution is 6.06. The van der Waals surface area contributed by atoms with E-state index in [1.54, 1.807) is 26.4 Å².